The lowest BCUT2D eigenvalue weighted by molar-refractivity contribution is -0.130. The molecule has 7 nitrogen and oxygen atoms in total. The maximum atomic E-state index is 13.0. The Morgan fingerprint density at radius 1 is 1.26 bits per heavy atom. The zero-order valence-electron chi connectivity index (χ0n) is 20.6. The SMILES string of the molecule is CC(C1CCC2(C)C3Cc4ccc(O)cc4C12CCN3CC1CC1)N(C)C(=O)/C(N)=C/C(N)=O. The number of primary amides is 1. The fourth-order valence-corrected chi connectivity index (χ4v) is 7.90. The molecule has 1 heterocycles. The summed E-state index contributed by atoms with van der Waals surface area (Å²) in [6.45, 7) is 6.80. The summed E-state index contributed by atoms with van der Waals surface area (Å²) >= 11 is 0. The first-order chi connectivity index (χ1) is 16.1. The number of nitrogens with zero attached hydrogens (tertiary/aromatic N) is 2. The van der Waals surface area contributed by atoms with Crippen molar-refractivity contribution in [2.75, 3.05) is 20.1 Å². The molecule has 7 heteroatoms. The molecule has 5 N–H and O–H groups in total. The largest absolute Gasteiger partial charge is 0.508 e. The number of piperidine rings is 1. The molecule has 4 aliphatic rings. The fraction of sp³-hybridized carbons (Fsp3) is 0.630. The number of carbonyl (C=O) groups excluding carboxylic acids is 2. The number of likely N-dealkylation sites (tertiary alicyclic amines) is 1. The standard InChI is InChI=1S/C27H38N4O3/c1-16(30(3)25(34)22(28)14-24(29)33)20-8-9-26(2)23-12-18-6-7-19(32)13-21(18)27(20,26)10-11-31(23)15-17-4-5-17/h6-7,13-14,16-17,20,23,32H,4-5,8-12,15,28H2,1-3H3,(H2,29,33)/b22-14-. The molecule has 2 saturated carbocycles. The van der Waals surface area contributed by atoms with Gasteiger partial charge in [-0.2, -0.15) is 0 Å². The maximum Gasteiger partial charge on any atom is 0.269 e. The molecule has 184 valence electrons. The van der Waals surface area contributed by atoms with Crippen LogP contribution >= 0.6 is 0 Å². The predicted molar refractivity (Wildman–Crippen MR) is 131 cm³/mol. The molecule has 0 spiro atoms. The Labute approximate surface area is 202 Å². The first-order valence-corrected chi connectivity index (χ1v) is 12.7. The summed E-state index contributed by atoms with van der Waals surface area (Å²) in [6, 6.07) is 6.31. The van der Waals surface area contributed by atoms with Crippen LogP contribution in [0, 0.1) is 17.3 Å². The van der Waals surface area contributed by atoms with E-state index in [2.05, 4.69) is 24.8 Å². The molecule has 1 aliphatic heterocycles. The maximum absolute atomic E-state index is 13.0. The van der Waals surface area contributed by atoms with Crippen molar-refractivity contribution >= 4 is 11.8 Å². The van der Waals surface area contributed by atoms with Crippen molar-refractivity contribution in [3.8, 4) is 5.75 Å². The second-order valence-electron chi connectivity index (χ2n) is 11.4. The lowest BCUT2D eigenvalue weighted by Crippen LogP contribution is -2.67. The number of nitrogens with two attached hydrogens (primary N) is 2. The van der Waals surface area contributed by atoms with Crippen LogP contribution in [-0.2, 0) is 21.4 Å². The number of fused-ring (bicyclic) bond motifs is 1. The van der Waals surface area contributed by atoms with Gasteiger partial charge in [0.2, 0.25) is 5.91 Å². The van der Waals surface area contributed by atoms with Crippen LogP contribution in [-0.4, -0.2) is 58.9 Å². The average Bonchev–Trinajstić information content (AvgIpc) is 3.53. The number of benzene rings is 1. The number of rotatable bonds is 6. The van der Waals surface area contributed by atoms with Gasteiger partial charge in [-0.1, -0.05) is 13.0 Å². The second kappa shape index (κ2) is 8.01. The molecule has 5 unspecified atom stereocenters. The summed E-state index contributed by atoms with van der Waals surface area (Å²) < 4.78 is 0. The van der Waals surface area contributed by atoms with Crippen molar-refractivity contribution in [2.45, 2.75) is 69.9 Å². The van der Waals surface area contributed by atoms with Gasteiger partial charge in [-0.3, -0.25) is 14.5 Å². The molecule has 5 atom stereocenters. The molecule has 34 heavy (non-hydrogen) atoms. The van der Waals surface area contributed by atoms with Crippen molar-refractivity contribution in [1.29, 1.82) is 0 Å². The third kappa shape index (κ3) is 3.35. The number of hydrogen-bond acceptors (Lipinski definition) is 5. The van der Waals surface area contributed by atoms with E-state index in [1.54, 1.807) is 11.9 Å². The van der Waals surface area contributed by atoms with E-state index in [1.165, 1.54) is 30.5 Å². The molecule has 5 rings (SSSR count). The van der Waals surface area contributed by atoms with E-state index in [-0.39, 0.29) is 34.4 Å². The van der Waals surface area contributed by atoms with Gasteiger partial charge in [-0.25, -0.2) is 0 Å². The fourth-order valence-electron chi connectivity index (χ4n) is 7.90. The van der Waals surface area contributed by atoms with Gasteiger partial charge in [0.25, 0.3) is 5.91 Å². The van der Waals surface area contributed by atoms with Gasteiger partial charge in [0.15, 0.2) is 0 Å². The molecule has 3 fully saturated rings. The predicted octanol–water partition coefficient (Wildman–Crippen LogP) is 2.26. The van der Waals surface area contributed by atoms with E-state index in [0.717, 1.165) is 44.2 Å². The van der Waals surface area contributed by atoms with Crippen LogP contribution in [0.1, 0.15) is 57.1 Å². The first-order valence-electron chi connectivity index (χ1n) is 12.7. The van der Waals surface area contributed by atoms with Crippen molar-refractivity contribution in [2.24, 2.45) is 28.7 Å². The topological polar surface area (TPSA) is 113 Å². The quantitative estimate of drug-likeness (QED) is 0.557. The van der Waals surface area contributed by atoms with E-state index in [0.29, 0.717) is 11.8 Å². The van der Waals surface area contributed by atoms with Gasteiger partial charge in [-0.05, 0) is 92.5 Å². The lowest BCUT2D eigenvalue weighted by Gasteiger charge is -2.63. The molecule has 2 bridgehead atoms. The summed E-state index contributed by atoms with van der Waals surface area (Å²) in [5.74, 6) is 0.287. The number of phenols is 1. The summed E-state index contributed by atoms with van der Waals surface area (Å²) in [5, 5.41) is 10.5. The van der Waals surface area contributed by atoms with Gasteiger partial charge in [0, 0.05) is 37.2 Å². The smallest absolute Gasteiger partial charge is 0.269 e. The third-order valence-electron chi connectivity index (χ3n) is 9.83. The highest BCUT2D eigenvalue weighted by Crippen LogP contribution is 2.68. The molecule has 0 aromatic heterocycles. The normalized spacial score (nSPS) is 33.7. The minimum atomic E-state index is -0.721. The van der Waals surface area contributed by atoms with Crippen LogP contribution in [0.15, 0.2) is 30.0 Å². The Bertz CT molecular complexity index is 1050. The summed E-state index contributed by atoms with van der Waals surface area (Å²) in [4.78, 5) is 28.8. The van der Waals surface area contributed by atoms with Crippen LogP contribution in [0.2, 0.25) is 0 Å². The molecule has 2 amide bonds. The molecule has 1 aromatic carbocycles. The van der Waals surface area contributed by atoms with Crippen LogP contribution in [0.3, 0.4) is 0 Å². The van der Waals surface area contributed by atoms with Gasteiger partial charge in [0.1, 0.15) is 11.4 Å². The Morgan fingerprint density at radius 3 is 2.68 bits per heavy atom. The van der Waals surface area contributed by atoms with Crippen molar-refractivity contribution in [1.82, 2.24) is 9.80 Å². The number of likely N-dealkylation sites (N-methyl/N-ethyl adjacent to an activating group) is 1. The monoisotopic (exact) mass is 466 g/mol. The third-order valence-corrected chi connectivity index (χ3v) is 9.83. The summed E-state index contributed by atoms with van der Waals surface area (Å²) in [6.07, 6.45) is 7.85. The molecule has 0 radical (unpaired) electrons. The van der Waals surface area contributed by atoms with Gasteiger partial charge in [-0.15, -0.1) is 0 Å². The number of hydrogen-bond donors (Lipinski definition) is 3. The van der Waals surface area contributed by atoms with Crippen molar-refractivity contribution < 1.29 is 14.7 Å². The molecule has 3 aliphatic carbocycles. The van der Waals surface area contributed by atoms with Crippen LogP contribution in [0.4, 0.5) is 0 Å². The zero-order chi connectivity index (χ0) is 24.4. The van der Waals surface area contributed by atoms with E-state index in [1.807, 2.05) is 12.1 Å². The molecule has 1 aromatic rings. The van der Waals surface area contributed by atoms with Gasteiger partial charge in [0.05, 0.1) is 0 Å². The van der Waals surface area contributed by atoms with E-state index < -0.39 is 5.91 Å². The van der Waals surface area contributed by atoms with Gasteiger partial charge < -0.3 is 21.5 Å². The van der Waals surface area contributed by atoms with Crippen molar-refractivity contribution in [3.63, 3.8) is 0 Å². The first kappa shape index (κ1) is 23.2. The minimum absolute atomic E-state index is 0.0678. The summed E-state index contributed by atoms with van der Waals surface area (Å²) in [7, 11) is 1.77. The number of amides is 2. The van der Waals surface area contributed by atoms with Crippen LogP contribution in [0.25, 0.3) is 0 Å². The Kier molecular flexibility index (Phi) is 5.47. The van der Waals surface area contributed by atoms with Gasteiger partial charge >= 0.3 is 0 Å². The zero-order valence-corrected chi connectivity index (χ0v) is 20.6. The van der Waals surface area contributed by atoms with Crippen LogP contribution < -0.4 is 11.5 Å². The lowest BCUT2D eigenvalue weighted by atomic mass is 9.48. The molecular formula is C27H38N4O3. The Morgan fingerprint density at radius 2 is 2.00 bits per heavy atom. The Balaban J connectivity index is 1.55. The van der Waals surface area contributed by atoms with E-state index >= 15 is 0 Å². The minimum Gasteiger partial charge on any atom is -0.508 e. The molecular weight excluding hydrogens is 428 g/mol. The highest BCUT2D eigenvalue weighted by atomic mass is 16.3. The van der Waals surface area contributed by atoms with E-state index in [9.17, 15) is 14.7 Å². The highest BCUT2D eigenvalue weighted by molar-refractivity contribution is 5.99. The Hall–Kier alpha value is -2.54. The second-order valence-corrected chi connectivity index (χ2v) is 11.4. The highest BCUT2D eigenvalue weighted by Gasteiger charge is 2.67. The number of aromatic hydroxyl groups is 1. The van der Waals surface area contributed by atoms with Crippen LogP contribution in [0.5, 0.6) is 5.75 Å². The number of carbonyl (C=O) groups is 2. The number of phenolic OH excluding ortho intramolecular Hbond substituents is 1. The van der Waals surface area contributed by atoms with E-state index in [4.69, 9.17) is 11.5 Å². The molecule has 1 saturated heterocycles. The van der Waals surface area contributed by atoms with Crippen molar-refractivity contribution in [3.05, 3.63) is 41.1 Å². The average molecular weight is 467 g/mol. The summed E-state index contributed by atoms with van der Waals surface area (Å²) in [5.41, 5.74) is 13.6.